The molecule has 0 saturated carbocycles. The van der Waals surface area contributed by atoms with E-state index in [4.69, 9.17) is 9.47 Å². The smallest absolute Gasteiger partial charge is 0.337 e. The van der Waals surface area contributed by atoms with E-state index in [0.717, 1.165) is 36.2 Å². The van der Waals surface area contributed by atoms with Crippen molar-refractivity contribution in [1.82, 2.24) is 5.32 Å². The Kier molecular flexibility index (Phi) is 9.40. The second kappa shape index (κ2) is 12.5. The van der Waals surface area contributed by atoms with Gasteiger partial charge < -0.3 is 19.5 Å². The summed E-state index contributed by atoms with van der Waals surface area (Å²) in [7, 11) is 1.40. The van der Waals surface area contributed by atoms with Crippen LogP contribution in [0.3, 0.4) is 0 Å². The predicted molar refractivity (Wildman–Crippen MR) is 138 cm³/mol. The first kappa shape index (κ1) is 26.4. The lowest BCUT2D eigenvalue weighted by Gasteiger charge is -2.23. The van der Waals surface area contributed by atoms with Gasteiger partial charge in [-0.1, -0.05) is 36.4 Å². The molecule has 6 nitrogen and oxygen atoms in total. The van der Waals surface area contributed by atoms with Crippen molar-refractivity contribution in [1.29, 1.82) is 0 Å². The van der Waals surface area contributed by atoms with Gasteiger partial charge >= 0.3 is 5.97 Å². The standard InChI is InChI=1S/C24H25NO3.C5H10O2/c1-27-24(26)19-10-8-18(9-11-19)23-14-17(13-20-5-2-3-7-22(20)23)16-28-21-6-4-12-25-15-21;1-5(2,3)7-4-6/h2-3,5,7-11,13-14,21,25H,4,6,12,15-16H2,1H3;4H,1-3H3. The summed E-state index contributed by atoms with van der Waals surface area (Å²) < 4.78 is 15.5. The second-order valence-electron chi connectivity index (χ2n) is 9.54. The molecule has 1 aliphatic heterocycles. The van der Waals surface area contributed by atoms with Crippen LogP contribution in [0, 0.1) is 0 Å². The van der Waals surface area contributed by atoms with Crippen molar-refractivity contribution in [2.45, 2.75) is 51.9 Å². The number of ether oxygens (including phenoxy) is 3. The van der Waals surface area contributed by atoms with E-state index in [1.165, 1.54) is 24.3 Å². The first-order valence-corrected chi connectivity index (χ1v) is 11.9. The van der Waals surface area contributed by atoms with Crippen LogP contribution in [-0.4, -0.2) is 44.3 Å². The monoisotopic (exact) mass is 477 g/mol. The van der Waals surface area contributed by atoms with Crippen molar-refractivity contribution in [3.63, 3.8) is 0 Å². The van der Waals surface area contributed by atoms with Gasteiger partial charge in [-0.25, -0.2) is 4.79 Å². The minimum absolute atomic E-state index is 0.281. The number of piperidine rings is 1. The van der Waals surface area contributed by atoms with Gasteiger partial charge in [0.25, 0.3) is 6.47 Å². The SMILES string of the molecule is CC(C)(C)OC=O.COC(=O)c1ccc(-c2cc(COC3CCCNC3)cc3ccccc23)cc1. The van der Waals surface area contributed by atoms with Crippen LogP contribution in [0.2, 0.25) is 0 Å². The van der Waals surface area contributed by atoms with Crippen LogP contribution in [0.15, 0.2) is 60.7 Å². The molecule has 1 aliphatic rings. The maximum absolute atomic E-state index is 11.7. The Labute approximate surface area is 207 Å². The lowest BCUT2D eigenvalue weighted by molar-refractivity contribution is -0.138. The largest absolute Gasteiger partial charge is 0.465 e. The summed E-state index contributed by atoms with van der Waals surface area (Å²) in [6.45, 7) is 8.53. The Hall–Kier alpha value is -3.22. The molecule has 0 amide bonds. The van der Waals surface area contributed by atoms with Crippen molar-refractivity contribution in [2.75, 3.05) is 20.2 Å². The highest BCUT2D eigenvalue weighted by Gasteiger charge is 2.14. The number of carbonyl (C=O) groups is 2. The number of hydrogen-bond acceptors (Lipinski definition) is 6. The summed E-state index contributed by atoms with van der Waals surface area (Å²) in [6, 6.07) is 20.4. The third kappa shape index (κ3) is 7.91. The van der Waals surface area contributed by atoms with Crippen LogP contribution in [0.1, 0.15) is 49.5 Å². The van der Waals surface area contributed by atoms with Gasteiger partial charge in [-0.2, -0.15) is 0 Å². The number of carbonyl (C=O) groups excluding carboxylic acids is 2. The second-order valence-corrected chi connectivity index (χ2v) is 9.54. The van der Waals surface area contributed by atoms with E-state index in [9.17, 15) is 9.59 Å². The quantitative estimate of drug-likeness (QED) is 0.372. The highest BCUT2D eigenvalue weighted by Crippen LogP contribution is 2.31. The third-order valence-corrected chi connectivity index (χ3v) is 5.68. The molecule has 3 aromatic carbocycles. The van der Waals surface area contributed by atoms with Crippen molar-refractivity contribution < 1.29 is 23.8 Å². The molecule has 186 valence electrons. The zero-order valence-corrected chi connectivity index (χ0v) is 21.0. The van der Waals surface area contributed by atoms with Gasteiger partial charge in [0.05, 0.1) is 25.4 Å². The number of rotatable bonds is 6. The van der Waals surface area contributed by atoms with Gasteiger partial charge in [-0.05, 0) is 91.9 Å². The molecule has 0 aliphatic carbocycles. The average Bonchev–Trinajstić information content (AvgIpc) is 2.87. The molecular weight excluding hydrogens is 442 g/mol. The van der Waals surface area contributed by atoms with E-state index in [1.54, 1.807) is 0 Å². The summed E-state index contributed by atoms with van der Waals surface area (Å²) in [5.41, 5.74) is 3.62. The van der Waals surface area contributed by atoms with Gasteiger partial charge in [-0.3, -0.25) is 4.79 Å². The fourth-order valence-electron chi connectivity index (χ4n) is 3.92. The zero-order chi connectivity index (χ0) is 25.3. The minimum atomic E-state index is -0.320. The van der Waals surface area contributed by atoms with E-state index in [-0.39, 0.29) is 17.7 Å². The topological polar surface area (TPSA) is 73.9 Å². The number of fused-ring (bicyclic) bond motifs is 1. The van der Waals surface area contributed by atoms with Crippen molar-refractivity contribution in [2.24, 2.45) is 0 Å². The summed E-state index contributed by atoms with van der Waals surface area (Å²) in [5.74, 6) is -0.320. The molecule has 1 heterocycles. The van der Waals surface area contributed by atoms with Crippen molar-refractivity contribution in [3.8, 4) is 11.1 Å². The van der Waals surface area contributed by atoms with E-state index in [0.29, 0.717) is 18.6 Å². The van der Waals surface area contributed by atoms with E-state index in [2.05, 4.69) is 46.5 Å². The van der Waals surface area contributed by atoms with E-state index >= 15 is 0 Å². The maximum atomic E-state index is 11.7. The molecule has 0 aromatic heterocycles. The summed E-state index contributed by atoms with van der Waals surface area (Å²) >= 11 is 0. The number of nitrogens with one attached hydrogen (secondary N) is 1. The molecule has 4 rings (SSSR count). The van der Waals surface area contributed by atoms with E-state index < -0.39 is 0 Å². The van der Waals surface area contributed by atoms with Crippen LogP contribution in [-0.2, 0) is 25.6 Å². The first-order valence-electron chi connectivity index (χ1n) is 11.9. The molecule has 6 heteroatoms. The molecule has 0 radical (unpaired) electrons. The average molecular weight is 478 g/mol. The Morgan fingerprint density at radius 1 is 1.09 bits per heavy atom. The van der Waals surface area contributed by atoms with E-state index in [1.807, 2.05) is 45.0 Å². The zero-order valence-electron chi connectivity index (χ0n) is 21.0. The predicted octanol–water partition coefficient (Wildman–Crippen LogP) is 5.52. The molecule has 1 N–H and O–H groups in total. The summed E-state index contributed by atoms with van der Waals surface area (Å²) in [4.78, 5) is 21.3. The number of methoxy groups -OCH3 is 1. The van der Waals surface area contributed by atoms with Gasteiger partial charge in [-0.15, -0.1) is 0 Å². The van der Waals surface area contributed by atoms with Crippen molar-refractivity contribution >= 4 is 23.2 Å². The molecule has 1 atom stereocenters. The number of hydrogen-bond donors (Lipinski definition) is 1. The van der Waals surface area contributed by atoms with Gasteiger partial charge in [0.15, 0.2) is 0 Å². The Balaban J connectivity index is 0.000000429. The molecule has 0 bridgehead atoms. The number of benzene rings is 3. The van der Waals surface area contributed by atoms with Crippen LogP contribution in [0.5, 0.6) is 0 Å². The Morgan fingerprint density at radius 3 is 2.43 bits per heavy atom. The molecule has 1 fully saturated rings. The van der Waals surface area contributed by atoms with Gasteiger partial charge in [0.1, 0.15) is 5.60 Å². The summed E-state index contributed by atoms with van der Waals surface area (Å²) in [6.07, 6.45) is 2.56. The first-order chi connectivity index (χ1) is 16.8. The van der Waals surface area contributed by atoms with Crippen LogP contribution < -0.4 is 5.32 Å². The molecule has 35 heavy (non-hydrogen) atoms. The fourth-order valence-corrected chi connectivity index (χ4v) is 3.92. The van der Waals surface area contributed by atoms with Crippen LogP contribution in [0.4, 0.5) is 0 Å². The normalized spacial score (nSPS) is 15.6. The Bertz CT molecular complexity index is 1110. The highest BCUT2D eigenvalue weighted by molar-refractivity contribution is 5.98. The molecule has 0 spiro atoms. The Morgan fingerprint density at radius 2 is 1.83 bits per heavy atom. The molecule has 3 aromatic rings. The lowest BCUT2D eigenvalue weighted by Crippen LogP contribution is -2.35. The third-order valence-electron chi connectivity index (χ3n) is 5.68. The highest BCUT2D eigenvalue weighted by atomic mass is 16.5. The van der Waals surface area contributed by atoms with Crippen molar-refractivity contribution in [3.05, 3.63) is 71.8 Å². The molecule has 1 unspecified atom stereocenters. The van der Waals surface area contributed by atoms with Gasteiger partial charge in [0.2, 0.25) is 0 Å². The molecule has 1 saturated heterocycles. The van der Waals surface area contributed by atoms with Crippen LogP contribution >= 0.6 is 0 Å². The summed E-state index contributed by atoms with van der Waals surface area (Å²) in [5, 5.41) is 5.78. The molecular formula is C29H35NO5. The fraction of sp³-hybridized carbons (Fsp3) is 0.379. The lowest BCUT2D eigenvalue weighted by atomic mass is 9.95. The van der Waals surface area contributed by atoms with Gasteiger partial charge in [0, 0.05) is 6.54 Å². The number of esters is 1. The maximum Gasteiger partial charge on any atom is 0.337 e. The van der Waals surface area contributed by atoms with Crippen LogP contribution in [0.25, 0.3) is 21.9 Å². The minimum Gasteiger partial charge on any atom is -0.465 e.